The van der Waals surface area contributed by atoms with Crippen molar-refractivity contribution < 1.29 is 27.8 Å². The van der Waals surface area contributed by atoms with Gasteiger partial charge in [0.25, 0.3) is 0 Å². The standard InChI is InChI=1S/C15H14ClF3O3S/c1-3-7(2)23-12-6-11-8(5-10(12)16)4-9(14(20)21)13(22-11)15(17,18)19/h4-7,13H,3H2,1-2H3,(H,20,21). The van der Waals surface area contributed by atoms with Crippen LogP contribution in [0.3, 0.4) is 0 Å². The van der Waals surface area contributed by atoms with Crippen LogP contribution in [0.1, 0.15) is 25.8 Å². The van der Waals surface area contributed by atoms with Gasteiger partial charge in [-0.15, -0.1) is 11.8 Å². The minimum atomic E-state index is -4.81. The molecule has 2 rings (SSSR count). The molecule has 0 saturated carbocycles. The summed E-state index contributed by atoms with van der Waals surface area (Å²) in [6, 6.07) is 2.86. The fourth-order valence-corrected chi connectivity index (χ4v) is 3.26. The topological polar surface area (TPSA) is 46.5 Å². The van der Waals surface area contributed by atoms with Gasteiger partial charge in [-0.05, 0) is 24.6 Å². The summed E-state index contributed by atoms with van der Waals surface area (Å²) in [5, 5.41) is 9.57. The van der Waals surface area contributed by atoms with Crippen LogP contribution in [0, 0.1) is 0 Å². The van der Waals surface area contributed by atoms with Crippen LogP contribution in [0.25, 0.3) is 6.08 Å². The predicted molar refractivity (Wildman–Crippen MR) is 83.1 cm³/mol. The molecule has 0 bridgehead atoms. The number of benzene rings is 1. The molecule has 0 fully saturated rings. The molecule has 2 unspecified atom stereocenters. The largest absolute Gasteiger partial charge is 0.478 e. The summed E-state index contributed by atoms with van der Waals surface area (Å²) in [6.07, 6.45) is -5.48. The lowest BCUT2D eigenvalue weighted by atomic mass is 10.0. The average Bonchev–Trinajstić information content (AvgIpc) is 2.45. The predicted octanol–water partition coefficient (Wildman–Crippen LogP) is 5.02. The van der Waals surface area contributed by atoms with Crippen LogP contribution in [0.2, 0.25) is 5.02 Å². The van der Waals surface area contributed by atoms with Gasteiger partial charge in [-0.3, -0.25) is 0 Å². The van der Waals surface area contributed by atoms with Gasteiger partial charge in [-0.25, -0.2) is 4.79 Å². The maximum absolute atomic E-state index is 13.0. The number of rotatable bonds is 4. The van der Waals surface area contributed by atoms with E-state index >= 15 is 0 Å². The molecule has 0 saturated heterocycles. The Hall–Kier alpha value is -1.34. The highest BCUT2D eigenvalue weighted by Crippen LogP contribution is 2.42. The smallest absolute Gasteiger partial charge is 0.430 e. The molecule has 1 heterocycles. The number of carbonyl (C=O) groups is 1. The van der Waals surface area contributed by atoms with E-state index < -0.39 is 23.8 Å². The van der Waals surface area contributed by atoms with Crippen LogP contribution < -0.4 is 4.74 Å². The lowest BCUT2D eigenvalue weighted by molar-refractivity contribution is -0.187. The van der Waals surface area contributed by atoms with Gasteiger partial charge >= 0.3 is 12.1 Å². The number of hydrogen-bond acceptors (Lipinski definition) is 3. The Kier molecular flexibility index (Phi) is 5.20. The van der Waals surface area contributed by atoms with Gasteiger partial charge in [0.2, 0.25) is 6.10 Å². The highest BCUT2D eigenvalue weighted by Gasteiger charge is 2.48. The molecule has 2 atom stereocenters. The van der Waals surface area contributed by atoms with Crippen LogP contribution in [-0.2, 0) is 4.79 Å². The Morgan fingerprint density at radius 1 is 1.48 bits per heavy atom. The molecule has 0 spiro atoms. The number of ether oxygens (including phenoxy) is 1. The number of aliphatic carboxylic acids is 1. The van der Waals surface area contributed by atoms with Gasteiger partial charge in [0, 0.05) is 15.7 Å². The van der Waals surface area contributed by atoms with Crippen molar-refractivity contribution >= 4 is 35.4 Å². The quantitative estimate of drug-likeness (QED) is 0.760. The average molecular weight is 367 g/mol. The van der Waals surface area contributed by atoms with Crippen molar-refractivity contribution in [3.63, 3.8) is 0 Å². The lowest BCUT2D eigenvalue weighted by Gasteiger charge is -2.27. The molecule has 8 heteroatoms. The number of carboxylic acid groups (broad SMARTS) is 1. The number of thioether (sulfide) groups is 1. The SMILES string of the molecule is CCC(C)Sc1cc2c(cc1Cl)C=C(C(=O)O)C(C(F)(F)F)O2. The maximum atomic E-state index is 13.0. The van der Waals surface area contributed by atoms with Crippen LogP contribution >= 0.6 is 23.4 Å². The lowest BCUT2D eigenvalue weighted by Crippen LogP contribution is -2.40. The molecule has 1 N–H and O–H groups in total. The number of fused-ring (bicyclic) bond motifs is 1. The molecule has 1 aliphatic rings. The van der Waals surface area contributed by atoms with Crippen LogP contribution in [0.15, 0.2) is 22.6 Å². The highest BCUT2D eigenvalue weighted by molar-refractivity contribution is 8.00. The van der Waals surface area contributed by atoms with Crippen molar-refractivity contribution in [1.29, 1.82) is 0 Å². The summed E-state index contributed by atoms with van der Waals surface area (Å²) < 4.78 is 44.0. The molecule has 0 amide bonds. The first-order chi connectivity index (χ1) is 10.6. The van der Waals surface area contributed by atoms with E-state index in [0.717, 1.165) is 12.5 Å². The highest BCUT2D eigenvalue weighted by atomic mass is 35.5. The second kappa shape index (κ2) is 6.65. The third kappa shape index (κ3) is 3.95. The fourth-order valence-electron chi connectivity index (χ4n) is 2.01. The fraction of sp³-hybridized carbons (Fsp3) is 0.400. The van der Waals surface area contributed by atoms with E-state index in [2.05, 4.69) is 0 Å². The minimum absolute atomic E-state index is 0.0208. The van der Waals surface area contributed by atoms with E-state index in [1.165, 1.54) is 23.9 Å². The van der Waals surface area contributed by atoms with E-state index in [4.69, 9.17) is 21.4 Å². The normalized spacial score (nSPS) is 18.7. The molecule has 126 valence electrons. The Balaban J connectivity index is 2.47. The van der Waals surface area contributed by atoms with Crippen LogP contribution in [0.4, 0.5) is 13.2 Å². The van der Waals surface area contributed by atoms with Gasteiger partial charge < -0.3 is 9.84 Å². The molecule has 1 aliphatic heterocycles. The molecular formula is C15H14ClF3O3S. The summed E-state index contributed by atoms with van der Waals surface area (Å²) in [5.41, 5.74) is -0.634. The van der Waals surface area contributed by atoms with Gasteiger partial charge in [0.15, 0.2) is 0 Å². The first kappa shape index (κ1) is 18.0. The summed E-state index contributed by atoms with van der Waals surface area (Å²) in [5.74, 6) is -1.69. The summed E-state index contributed by atoms with van der Waals surface area (Å²) in [4.78, 5) is 11.7. The van der Waals surface area contributed by atoms with Crippen LogP contribution in [-0.4, -0.2) is 28.6 Å². The van der Waals surface area contributed by atoms with Crippen molar-refractivity contribution in [3.8, 4) is 5.75 Å². The first-order valence-electron chi connectivity index (χ1n) is 6.82. The zero-order chi connectivity index (χ0) is 17.4. The first-order valence-corrected chi connectivity index (χ1v) is 8.07. The molecule has 1 aromatic rings. The summed E-state index contributed by atoms with van der Waals surface area (Å²) >= 11 is 7.57. The van der Waals surface area contributed by atoms with E-state index in [1.807, 2.05) is 13.8 Å². The number of halogens is 4. The third-order valence-electron chi connectivity index (χ3n) is 3.35. The molecule has 1 aromatic carbocycles. The minimum Gasteiger partial charge on any atom is -0.478 e. The zero-order valence-electron chi connectivity index (χ0n) is 12.3. The second-order valence-corrected chi connectivity index (χ2v) is 6.99. The van der Waals surface area contributed by atoms with E-state index in [-0.39, 0.29) is 16.6 Å². The van der Waals surface area contributed by atoms with E-state index in [0.29, 0.717) is 9.92 Å². The van der Waals surface area contributed by atoms with Crippen molar-refractivity contribution in [1.82, 2.24) is 0 Å². The Morgan fingerprint density at radius 3 is 2.65 bits per heavy atom. The molecular weight excluding hydrogens is 353 g/mol. The molecule has 0 aliphatic carbocycles. The third-order valence-corrected chi connectivity index (χ3v) is 5.10. The number of hydrogen-bond donors (Lipinski definition) is 1. The molecule has 0 aromatic heterocycles. The monoisotopic (exact) mass is 366 g/mol. The number of carboxylic acids is 1. The maximum Gasteiger partial charge on any atom is 0.430 e. The molecule has 3 nitrogen and oxygen atoms in total. The van der Waals surface area contributed by atoms with Gasteiger partial charge in [-0.2, -0.15) is 13.2 Å². The molecule has 0 radical (unpaired) electrons. The Morgan fingerprint density at radius 2 is 2.13 bits per heavy atom. The Labute approximate surface area is 140 Å². The second-order valence-electron chi connectivity index (χ2n) is 5.10. The summed E-state index contributed by atoms with van der Waals surface area (Å²) in [6.45, 7) is 3.96. The van der Waals surface area contributed by atoms with E-state index in [9.17, 15) is 18.0 Å². The van der Waals surface area contributed by atoms with Crippen molar-refractivity contribution in [2.75, 3.05) is 0 Å². The van der Waals surface area contributed by atoms with Gasteiger partial charge in [0.05, 0.1) is 10.6 Å². The van der Waals surface area contributed by atoms with Crippen molar-refractivity contribution in [2.24, 2.45) is 0 Å². The Bertz CT molecular complexity index is 658. The van der Waals surface area contributed by atoms with Gasteiger partial charge in [-0.1, -0.05) is 25.4 Å². The van der Waals surface area contributed by atoms with Crippen molar-refractivity contribution in [2.45, 2.75) is 42.7 Å². The molecule has 23 heavy (non-hydrogen) atoms. The zero-order valence-corrected chi connectivity index (χ0v) is 13.9. The van der Waals surface area contributed by atoms with E-state index in [1.54, 1.807) is 0 Å². The van der Waals surface area contributed by atoms with Gasteiger partial charge in [0.1, 0.15) is 5.75 Å². The van der Waals surface area contributed by atoms with Crippen molar-refractivity contribution in [3.05, 3.63) is 28.3 Å². The number of alkyl halides is 3. The summed E-state index contributed by atoms with van der Waals surface area (Å²) in [7, 11) is 0. The van der Waals surface area contributed by atoms with Crippen LogP contribution in [0.5, 0.6) is 5.75 Å².